The highest BCUT2D eigenvalue weighted by molar-refractivity contribution is 7.92. The average Bonchev–Trinajstić information content (AvgIpc) is 2.62. The molecule has 1 aliphatic rings. The first-order valence-electron chi connectivity index (χ1n) is 9.73. The minimum Gasteiger partial charge on any atom is -0.487 e. The third-order valence-electron chi connectivity index (χ3n) is 5.12. The summed E-state index contributed by atoms with van der Waals surface area (Å²) in [6, 6.07) is 9.76. The number of benzene rings is 2. The Morgan fingerprint density at radius 3 is 2.57 bits per heavy atom. The highest BCUT2D eigenvalue weighted by atomic mass is 32.2. The van der Waals surface area contributed by atoms with Gasteiger partial charge in [0.15, 0.2) is 0 Å². The van der Waals surface area contributed by atoms with E-state index in [1.165, 1.54) is 25.1 Å². The van der Waals surface area contributed by atoms with Crippen molar-refractivity contribution in [2.75, 3.05) is 10.6 Å². The number of carbonyl (C=O) groups is 1. The molecule has 0 fully saturated rings. The molecule has 1 N–H and O–H groups in total. The minimum atomic E-state index is -3.91. The molecular weight excluding hydrogens is 407 g/mol. The van der Waals surface area contributed by atoms with Crippen LogP contribution in [0.5, 0.6) is 5.75 Å². The van der Waals surface area contributed by atoms with Crippen LogP contribution in [0.3, 0.4) is 0 Å². The number of aryl methyl sites for hydroxylation is 1. The Hall–Kier alpha value is -2.61. The predicted molar refractivity (Wildman–Crippen MR) is 115 cm³/mol. The zero-order valence-corrected chi connectivity index (χ0v) is 18.6. The first-order chi connectivity index (χ1) is 13.9. The highest BCUT2D eigenvalue weighted by Gasteiger charge is 2.37. The molecule has 3 rings (SSSR count). The summed E-state index contributed by atoms with van der Waals surface area (Å²) in [6.45, 7) is 7.26. The van der Waals surface area contributed by atoms with E-state index < -0.39 is 33.4 Å². The summed E-state index contributed by atoms with van der Waals surface area (Å²) in [5.41, 5.74) is 1.19. The Morgan fingerprint density at radius 1 is 1.27 bits per heavy atom. The van der Waals surface area contributed by atoms with Gasteiger partial charge in [-0.2, -0.15) is 0 Å². The van der Waals surface area contributed by atoms with E-state index in [0.717, 1.165) is 27.8 Å². The van der Waals surface area contributed by atoms with Gasteiger partial charge in [-0.1, -0.05) is 29.8 Å². The fourth-order valence-electron chi connectivity index (χ4n) is 3.81. The van der Waals surface area contributed by atoms with Crippen molar-refractivity contribution >= 4 is 21.6 Å². The molecular formula is C22H27FN2O4S. The van der Waals surface area contributed by atoms with Crippen LogP contribution in [0.4, 0.5) is 10.1 Å². The third-order valence-corrected chi connectivity index (χ3v) is 6.35. The molecule has 1 heterocycles. The van der Waals surface area contributed by atoms with Crippen LogP contribution in [0.1, 0.15) is 44.4 Å². The van der Waals surface area contributed by atoms with Gasteiger partial charge in [-0.15, -0.1) is 0 Å². The van der Waals surface area contributed by atoms with Crippen molar-refractivity contribution in [2.24, 2.45) is 0 Å². The number of sulfonamides is 1. The van der Waals surface area contributed by atoms with Gasteiger partial charge < -0.3 is 10.1 Å². The SMILES string of the molecule is Cc1ccc2c(c1)[C@H](NC(=O)[C@H](C)N(c1ccccc1F)S(C)(=O)=O)CC(C)(C)O2. The van der Waals surface area contributed by atoms with Gasteiger partial charge >= 0.3 is 0 Å². The number of ether oxygens (including phenoxy) is 1. The van der Waals surface area contributed by atoms with Gasteiger partial charge in [0.1, 0.15) is 23.2 Å². The Balaban J connectivity index is 1.93. The molecule has 2 aromatic rings. The first kappa shape index (κ1) is 22.1. The maximum atomic E-state index is 14.3. The number of halogens is 1. The molecule has 0 aliphatic carbocycles. The van der Waals surface area contributed by atoms with Crippen LogP contribution >= 0.6 is 0 Å². The van der Waals surface area contributed by atoms with E-state index in [1.807, 2.05) is 39.0 Å². The van der Waals surface area contributed by atoms with Crippen LogP contribution in [-0.2, 0) is 14.8 Å². The number of fused-ring (bicyclic) bond motifs is 1. The number of rotatable bonds is 5. The van der Waals surface area contributed by atoms with Crippen LogP contribution in [0.2, 0.25) is 0 Å². The fourth-order valence-corrected chi connectivity index (χ4v) is 4.98. The smallest absolute Gasteiger partial charge is 0.244 e. The number of para-hydroxylation sites is 1. The highest BCUT2D eigenvalue weighted by Crippen LogP contribution is 2.40. The maximum absolute atomic E-state index is 14.3. The second kappa shape index (κ2) is 7.91. The summed E-state index contributed by atoms with van der Waals surface area (Å²) in [5.74, 6) is -0.543. The normalized spacial score (nSPS) is 18.7. The molecule has 0 aromatic heterocycles. The van der Waals surface area contributed by atoms with Crippen LogP contribution < -0.4 is 14.4 Å². The third kappa shape index (κ3) is 4.59. The van der Waals surface area contributed by atoms with E-state index in [1.54, 1.807) is 0 Å². The second-order valence-corrected chi connectivity index (χ2v) is 10.2. The monoisotopic (exact) mass is 434 g/mol. The first-order valence-corrected chi connectivity index (χ1v) is 11.6. The van der Waals surface area contributed by atoms with Crippen LogP contribution in [0.25, 0.3) is 0 Å². The number of nitrogens with one attached hydrogen (secondary N) is 1. The van der Waals surface area contributed by atoms with Crippen molar-refractivity contribution in [3.05, 3.63) is 59.4 Å². The zero-order valence-electron chi connectivity index (χ0n) is 17.8. The minimum absolute atomic E-state index is 0.161. The molecule has 6 nitrogen and oxygen atoms in total. The van der Waals surface area contributed by atoms with Gasteiger partial charge in [0, 0.05) is 12.0 Å². The molecule has 0 saturated carbocycles. The van der Waals surface area contributed by atoms with Crippen molar-refractivity contribution in [3.63, 3.8) is 0 Å². The van der Waals surface area contributed by atoms with Crippen LogP contribution in [0, 0.1) is 12.7 Å². The molecule has 1 amide bonds. The Bertz CT molecular complexity index is 1070. The van der Waals surface area contributed by atoms with Gasteiger partial charge in [0.25, 0.3) is 0 Å². The van der Waals surface area contributed by atoms with Gasteiger partial charge in [-0.25, -0.2) is 12.8 Å². The molecule has 0 saturated heterocycles. The number of hydrogen-bond donors (Lipinski definition) is 1. The Morgan fingerprint density at radius 2 is 1.93 bits per heavy atom. The molecule has 0 bridgehead atoms. The number of hydrogen-bond acceptors (Lipinski definition) is 4. The summed E-state index contributed by atoms with van der Waals surface area (Å²) in [7, 11) is -3.91. The Kier molecular flexibility index (Phi) is 5.82. The largest absolute Gasteiger partial charge is 0.487 e. The topological polar surface area (TPSA) is 75.7 Å². The van der Waals surface area contributed by atoms with E-state index in [0.29, 0.717) is 12.2 Å². The zero-order chi connectivity index (χ0) is 22.3. The van der Waals surface area contributed by atoms with Crippen molar-refractivity contribution in [3.8, 4) is 5.75 Å². The van der Waals surface area contributed by atoms with E-state index in [2.05, 4.69) is 5.32 Å². The number of anilines is 1. The number of nitrogens with zero attached hydrogens (tertiary/aromatic N) is 1. The predicted octanol–water partition coefficient (Wildman–Crippen LogP) is 3.71. The quantitative estimate of drug-likeness (QED) is 0.779. The molecule has 0 radical (unpaired) electrons. The second-order valence-electron chi connectivity index (χ2n) is 8.35. The standard InChI is InChI=1S/C22H27FN2O4S/c1-14-10-11-20-16(12-14)18(13-22(3,4)29-20)24-21(26)15(2)25(30(5,27)28)19-9-7-6-8-17(19)23/h6-12,15,18H,13H2,1-5H3,(H,24,26)/t15-,18+/m0/s1. The van der Waals surface area contributed by atoms with Crippen molar-refractivity contribution in [1.29, 1.82) is 0 Å². The van der Waals surface area contributed by atoms with E-state index in [4.69, 9.17) is 4.74 Å². The van der Waals surface area contributed by atoms with Gasteiger partial charge in [-0.3, -0.25) is 9.10 Å². The molecule has 0 unspecified atom stereocenters. The molecule has 162 valence electrons. The van der Waals surface area contributed by atoms with Gasteiger partial charge in [-0.05, 0) is 45.9 Å². The van der Waals surface area contributed by atoms with E-state index in [9.17, 15) is 17.6 Å². The molecule has 2 atom stereocenters. The Labute approximate surface area is 177 Å². The molecule has 30 heavy (non-hydrogen) atoms. The van der Waals surface area contributed by atoms with Crippen molar-refractivity contribution in [2.45, 2.75) is 51.8 Å². The molecule has 0 spiro atoms. The summed E-state index contributed by atoms with van der Waals surface area (Å²) < 4.78 is 46.0. The molecule has 2 aromatic carbocycles. The van der Waals surface area contributed by atoms with Gasteiger partial charge in [0.05, 0.1) is 18.0 Å². The lowest BCUT2D eigenvalue weighted by Gasteiger charge is -2.39. The lowest BCUT2D eigenvalue weighted by Crippen LogP contribution is -2.50. The fraction of sp³-hybridized carbons (Fsp3) is 0.409. The van der Waals surface area contributed by atoms with Crippen molar-refractivity contribution in [1.82, 2.24) is 5.32 Å². The molecule has 1 aliphatic heterocycles. The number of amides is 1. The van der Waals surface area contributed by atoms with E-state index in [-0.39, 0.29) is 11.7 Å². The average molecular weight is 435 g/mol. The van der Waals surface area contributed by atoms with Crippen LogP contribution in [-0.4, -0.2) is 32.2 Å². The van der Waals surface area contributed by atoms with Gasteiger partial charge in [0.2, 0.25) is 15.9 Å². The maximum Gasteiger partial charge on any atom is 0.244 e. The molecule has 8 heteroatoms. The van der Waals surface area contributed by atoms with E-state index >= 15 is 0 Å². The lowest BCUT2D eigenvalue weighted by atomic mass is 9.89. The summed E-state index contributed by atoms with van der Waals surface area (Å²) >= 11 is 0. The summed E-state index contributed by atoms with van der Waals surface area (Å²) in [5, 5.41) is 2.95. The van der Waals surface area contributed by atoms with Crippen LogP contribution in [0.15, 0.2) is 42.5 Å². The van der Waals surface area contributed by atoms with Crippen molar-refractivity contribution < 1.29 is 22.3 Å². The lowest BCUT2D eigenvalue weighted by molar-refractivity contribution is -0.123. The summed E-state index contributed by atoms with van der Waals surface area (Å²) in [6.07, 6.45) is 1.47. The summed E-state index contributed by atoms with van der Waals surface area (Å²) in [4.78, 5) is 13.1. The number of carbonyl (C=O) groups excluding carboxylic acids is 1.